The molecule has 1 fully saturated rings. The molecular weight excluding hydrogens is 253 g/mol. The van der Waals surface area contributed by atoms with Gasteiger partial charge in [0.15, 0.2) is 5.75 Å². The number of halogens is 1. The number of nitrogens with two attached hydrogens (primary N) is 1. The standard InChI is InChI=1S/C12H12FN3O3/c13-9-3-4-11(10(5-9)16(17)18)19-7-12(15,6-14)8-1-2-8/h3-5,8H,1-2,7,15H2. The number of benzene rings is 1. The van der Waals surface area contributed by atoms with Crippen molar-refractivity contribution in [3.8, 4) is 11.8 Å². The molecule has 0 heterocycles. The minimum atomic E-state index is -1.15. The van der Waals surface area contributed by atoms with Gasteiger partial charge >= 0.3 is 5.69 Å². The summed E-state index contributed by atoms with van der Waals surface area (Å²) in [5.74, 6) is -0.755. The van der Waals surface area contributed by atoms with Crippen LogP contribution in [0.1, 0.15) is 12.8 Å². The largest absolute Gasteiger partial charge is 0.484 e. The van der Waals surface area contributed by atoms with E-state index in [0.717, 1.165) is 31.0 Å². The van der Waals surface area contributed by atoms with Gasteiger partial charge in [-0.25, -0.2) is 4.39 Å². The Bertz CT molecular complexity index is 554. The van der Waals surface area contributed by atoms with E-state index in [-0.39, 0.29) is 18.3 Å². The predicted octanol–water partition coefficient (Wildman–Crippen LogP) is 1.74. The Morgan fingerprint density at radius 2 is 2.32 bits per heavy atom. The van der Waals surface area contributed by atoms with Crippen molar-refractivity contribution in [3.63, 3.8) is 0 Å². The molecule has 0 radical (unpaired) electrons. The highest BCUT2D eigenvalue weighted by Gasteiger charge is 2.43. The fraction of sp³-hybridized carbons (Fsp3) is 0.417. The predicted molar refractivity (Wildman–Crippen MR) is 63.8 cm³/mol. The molecule has 0 bridgehead atoms. The van der Waals surface area contributed by atoms with Crippen molar-refractivity contribution in [1.29, 1.82) is 5.26 Å². The van der Waals surface area contributed by atoms with Crippen LogP contribution in [0.4, 0.5) is 10.1 Å². The Labute approximate surface area is 108 Å². The number of nitriles is 1. The van der Waals surface area contributed by atoms with Gasteiger partial charge in [-0.1, -0.05) is 0 Å². The first kappa shape index (κ1) is 13.2. The van der Waals surface area contributed by atoms with Gasteiger partial charge < -0.3 is 10.5 Å². The Balaban J connectivity index is 2.15. The molecule has 7 heteroatoms. The quantitative estimate of drug-likeness (QED) is 0.645. The zero-order chi connectivity index (χ0) is 14.0. The third kappa shape index (κ3) is 2.80. The summed E-state index contributed by atoms with van der Waals surface area (Å²) in [5, 5.41) is 19.8. The molecule has 0 amide bonds. The monoisotopic (exact) mass is 265 g/mol. The Hall–Kier alpha value is -2.20. The van der Waals surface area contributed by atoms with E-state index in [1.54, 1.807) is 0 Å². The number of nitro benzene ring substituents is 1. The molecular formula is C12H12FN3O3. The van der Waals surface area contributed by atoms with Crippen LogP contribution in [0.25, 0.3) is 0 Å². The molecule has 1 atom stereocenters. The first-order valence-electron chi connectivity index (χ1n) is 5.73. The van der Waals surface area contributed by atoms with Gasteiger partial charge in [-0.15, -0.1) is 0 Å². The Kier molecular flexibility index (Phi) is 3.36. The average Bonchev–Trinajstić information content (AvgIpc) is 3.21. The second-order valence-electron chi connectivity index (χ2n) is 4.58. The molecule has 1 saturated carbocycles. The van der Waals surface area contributed by atoms with Crippen molar-refractivity contribution in [2.24, 2.45) is 11.7 Å². The highest BCUT2D eigenvalue weighted by atomic mass is 19.1. The number of hydrogen-bond donors (Lipinski definition) is 1. The zero-order valence-electron chi connectivity index (χ0n) is 10.0. The van der Waals surface area contributed by atoms with Crippen LogP contribution < -0.4 is 10.5 Å². The highest BCUT2D eigenvalue weighted by Crippen LogP contribution is 2.38. The van der Waals surface area contributed by atoms with Crippen LogP contribution in [0.5, 0.6) is 5.75 Å². The summed E-state index contributed by atoms with van der Waals surface area (Å²) in [7, 11) is 0. The molecule has 1 unspecified atom stereocenters. The van der Waals surface area contributed by atoms with E-state index in [4.69, 9.17) is 15.7 Å². The maximum absolute atomic E-state index is 12.9. The highest BCUT2D eigenvalue weighted by molar-refractivity contribution is 5.46. The summed E-state index contributed by atoms with van der Waals surface area (Å²) in [6.45, 7) is -0.152. The van der Waals surface area contributed by atoms with E-state index >= 15 is 0 Å². The van der Waals surface area contributed by atoms with Crippen molar-refractivity contribution >= 4 is 5.69 Å². The second kappa shape index (κ2) is 4.82. The van der Waals surface area contributed by atoms with Crippen LogP contribution >= 0.6 is 0 Å². The Morgan fingerprint density at radius 1 is 1.63 bits per heavy atom. The lowest BCUT2D eigenvalue weighted by Crippen LogP contribution is -2.46. The zero-order valence-corrected chi connectivity index (χ0v) is 10.0. The topological polar surface area (TPSA) is 102 Å². The second-order valence-corrected chi connectivity index (χ2v) is 4.58. The van der Waals surface area contributed by atoms with Gasteiger partial charge in [-0.3, -0.25) is 10.1 Å². The molecule has 0 aliphatic heterocycles. The molecule has 0 spiro atoms. The van der Waals surface area contributed by atoms with Gasteiger partial charge in [0.25, 0.3) is 0 Å². The van der Waals surface area contributed by atoms with Crippen LogP contribution in [0.15, 0.2) is 18.2 Å². The van der Waals surface area contributed by atoms with Crippen molar-refractivity contribution < 1.29 is 14.1 Å². The summed E-state index contributed by atoms with van der Waals surface area (Å²) >= 11 is 0. The fourth-order valence-corrected chi connectivity index (χ4v) is 1.79. The smallest absolute Gasteiger partial charge is 0.313 e. The fourth-order valence-electron chi connectivity index (χ4n) is 1.79. The van der Waals surface area contributed by atoms with Crippen LogP contribution in [-0.4, -0.2) is 17.1 Å². The molecule has 19 heavy (non-hydrogen) atoms. The van der Waals surface area contributed by atoms with Gasteiger partial charge in [-0.05, 0) is 30.9 Å². The maximum atomic E-state index is 12.9. The van der Waals surface area contributed by atoms with Crippen LogP contribution in [-0.2, 0) is 0 Å². The minimum absolute atomic E-state index is 0.0528. The molecule has 0 saturated heterocycles. The molecule has 1 aliphatic rings. The van der Waals surface area contributed by atoms with Crippen LogP contribution in [0.2, 0.25) is 0 Å². The first-order valence-corrected chi connectivity index (χ1v) is 5.73. The molecule has 0 aromatic heterocycles. The van der Waals surface area contributed by atoms with Crippen molar-refractivity contribution in [2.75, 3.05) is 6.61 Å². The third-order valence-electron chi connectivity index (χ3n) is 3.10. The molecule has 1 aromatic rings. The number of nitrogens with zero attached hydrogens (tertiary/aromatic N) is 2. The van der Waals surface area contributed by atoms with E-state index in [9.17, 15) is 14.5 Å². The number of nitro groups is 1. The van der Waals surface area contributed by atoms with E-state index in [1.165, 1.54) is 0 Å². The van der Waals surface area contributed by atoms with Crippen molar-refractivity contribution in [2.45, 2.75) is 18.4 Å². The van der Waals surface area contributed by atoms with E-state index in [0.29, 0.717) is 0 Å². The van der Waals surface area contributed by atoms with Crippen LogP contribution in [0.3, 0.4) is 0 Å². The molecule has 1 aromatic carbocycles. The number of hydrogen-bond acceptors (Lipinski definition) is 5. The maximum Gasteiger partial charge on any atom is 0.313 e. The Morgan fingerprint density at radius 3 is 2.84 bits per heavy atom. The lowest BCUT2D eigenvalue weighted by atomic mass is 9.98. The van der Waals surface area contributed by atoms with E-state index in [2.05, 4.69) is 0 Å². The van der Waals surface area contributed by atoms with E-state index < -0.39 is 22.0 Å². The summed E-state index contributed by atoms with van der Waals surface area (Å²) in [5.41, 5.74) is 4.25. The summed E-state index contributed by atoms with van der Waals surface area (Å²) in [4.78, 5) is 10.0. The normalized spacial score (nSPS) is 17.3. The minimum Gasteiger partial charge on any atom is -0.484 e. The molecule has 100 valence electrons. The van der Waals surface area contributed by atoms with Gasteiger partial charge in [-0.2, -0.15) is 5.26 Å². The SMILES string of the molecule is N#CC(N)(COc1ccc(F)cc1[N+](=O)[O-])C1CC1. The number of rotatable bonds is 5. The lowest BCUT2D eigenvalue weighted by Gasteiger charge is -2.21. The summed E-state index contributed by atoms with van der Waals surface area (Å²) in [6.07, 6.45) is 1.69. The molecule has 2 rings (SSSR count). The van der Waals surface area contributed by atoms with Gasteiger partial charge in [0, 0.05) is 0 Å². The molecule has 1 aliphatic carbocycles. The van der Waals surface area contributed by atoms with Gasteiger partial charge in [0.2, 0.25) is 0 Å². The summed E-state index contributed by atoms with van der Waals surface area (Å²) in [6, 6.07) is 4.98. The third-order valence-corrected chi connectivity index (χ3v) is 3.10. The van der Waals surface area contributed by atoms with Crippen LogP contribution in [0, 0.1) is 33.2 Å². The van der Waals surface area contributed by atoms with Gasteiger partial charge in [0.1, 0.15) is 18.0 Å². The summed E-state index contributed by atoms with van der Waals surface area (Å²) < 4.78 is 18.2. The molecule has 2 N–H and O–H groups in total. The van der Waals surface area contributed by atoms with E-state index in [1.807, 2.05) is 6.07 Å². The lowest BCUT2D eigenvalue weighted by molar-refractivity contribution is -0.386. The average molecular weight is 265 g/mol. The first-order chi connectivity index (χ1) is 8.96. The van der Waals surface area contributed by atoms with Crippen molar-refractivity contribution in [1.82, 2.24) is 0 Å². The number of ether oxygens (including phenoxy) is 1. The van der Waals surface area contributed by atoms with Gasteiger partial charge in [0.05, 0.1) is 17.1 Å². The van der Waals surface area contributed by atoms with Crippen molar-refractivity contribution in [3.05, 3.63) is 34.1 Å². The molecule has 6 nitrogen and oxygen atoms in total.